The summed E-state index contributed by atoms with van der Waals surface area (Å²) in [5.41, 5.74) is 0. The molecule has 0 unspecified atom stereocenters. The number of carbonyl (C=O) groups excluding carboxylic acids is 1. The van der Waals surface area contributed by atoms with Crippen molar-refractivity contribution < 1.29 is 14.4 Å². The van der Waals surface area contributed by atoms with Crippen LogP contribution in [-0.4, -0.2) is 37.8 Å². The van der Waals surface area contributed by atoms with Gasteiger partial charge in [-0.05, 0) is 0 Å². The Bertz CT molecular complexity index is 157. The van der Waals surface area contributed by atoms with Crippen molar-refractivity contribution in [3.8, 4) is 0 Å². The zero-order valence-corrected chi connectivity index (χ0v) is 5.61. The van der Waals surface area contributed by atoms with Crippen molar-refractivity contribution in [1.29, 1.82) is 0 Å². The highest BCUT2D eigenvalue weighted by Crippen LogP contribution is 1.95. The highest BCUT2D eigenvalue weighted by Gasteiger charge is 2.10. The molecule has 1 rings (SSSR count). The molecule has 0 aliphatic carbocycles. The van der Waals surface area contributed by atoms with Gasteiger partial charge in [0.1, 0.15) is 6.34 Å². The van der Waals surface area contributed by atoms with Crippen LogP contribution in [-0.2, 0) is 9.57 Å². The van der Waals surface area contributed by atoms with E-state index in [1.165, 1.54) is 18.5 Å². The number of hydrogen-bond donors (Lipinski definition) is 0. The van der Waals surface area contributed by atoms with Crippen molar-refractivity contribution in [3.05, 3.63) is 0 Å². The third-order valence-corrected chi connectivity index (χ3v) is 1.02. The second kappa shape index (κ2) is 3.05. The van der Waals surface area contributed by atoms with E-state index >= 15 is 0 Å². The third-order valence-electron chi connectivity index (χ3n) is 1.02. The van der Waals surface area contributed by atoms with Crippen molar-refractivity contribution in [1.82, 2.24) is 5.06 Å². The number of carbonyl (C=O) groups is 1. The van der Waals surface area contributed by atoms with Crippen LogP contribution in [0.2, 0.25) is 0 Å². The van der Waals surface area contributed by atoms with Crippen LogP contribution in [0.1, 0.15) is 0 Å². The van der Waals surface area contributed by atoms with Crippen LogP contribution in [0.3, 0.4) is 0 Å². The molecule has 1 heterocycles. The van der Waals surface area contributed by atoms with Crippen molar-refractivity contribution in [2.75, 3.05) is 20.2 Å². The number of hydroxylamine groups is 2. The molecular weight excluding hydrogens is 136 g/mol. The third kappa shape index (κ3) is 1.61. The largest absolute Gasteiger partial charge is 0.533 e. The van der Waals surface area contributed by atoms with Gasteiger partial charge < -0.3 is 9.57 Å². The van der Waals surface area contributed by atoms with Crippen LogP contribution >= 0.6 is 0 Å². The lowest BCUT2D eigenvalue weighted by molar-refractivity contribution is -0.0587. The fraction of sp³-hybridized carbons (Fsp3) is 0.600. The molecule has 5 nitrogen and oxygen atoms in total. The average molecular weight is 144 g/mol. The molecule has 56 valence electrons. The molecule has 0 radical (unpaired) electrons. The van der Waals surface area contributed by atoms with Gasteiger partial charge in [0.15, 0.2) is 0 Å². The maximum absolute atomic E-state index is 10.4. The highest BCUT2D eigenvalue weighted by molar-refractivity contribution is 5.63. The molecule has 0 saturated heterocycles. The van der Waals surface area contributed by atoms with E-state index in [0.717, 1.165) is 0 Å². The first-order chi connectivity index (χ1) is 4.83. The van der Waals surface area contributed by atoms with Crippen LogP contribution in [0.15, 0.2) is 4.99 Å². The number of methoxy groups -OCH3 is 1. The molecule has 0 N–H and O–H groups in total. The molecule has 0 saturated carbocycles. The van der Waals surface area contributed by atoms with E-state index in [1.807, 2.05) is 0 Å². The normalized spacial score (nSPS) is 15.5. The summed E-state index contributed by atoms with van der Waals surface area (Å²) in [6.07, 6.45) is 0.741. The second-order valence-electron chi connectivity index (χ2n) is 1.71. The second-order valence-corrected chi connectivity index (χ2v) is 1.71. The Morgan fingerprint density at radius 1 is 1.80 bits per heavy atom. The van der Waals surface area contributed by atoms with Crippen LogP contribution in [0.25, 0.3) is 0 Å². The van der Waals surface area contributed by atoms with Gasteiger partial charge in [-0.15, -0.1) is 0 Å². The van der Waals surface area contributed by atoms with Crippen molar-refractivity contribution in [2.45, 2.75) is 0 Å². The minimum atomic E-state index is -0.714. The molecule has 0 spiro atoms. The predicted octanol–water partition coefficient (Wildman–Crippen LogP) is 0.0283. The lowest BCUT2D eigenvalue weighted by Crippen LogP contribution is -2.24. The quantitative estimate of drug-likeness (QED) is 0.487. The molecule has 10 heavy (non-hydrogen) atoms. The van der Waals surface area contributed by atoms with Gasteiger partial charge in [-0.25, -0.2) is 4.79 Å². The van der Waals surface area contributed by atoms with Gasteiger partial charge in [-0.2, -0.15) is 5.06 Å². The SMILES string of the molecule is COC(=O)ON1C=NCC1. The summed E-state index contributed by atoms with van der Waals surface area (Å²) in [6, 6.07) is 0. The van der Waals surface area contributed by atoms with Gasteiger partial charge >= 0.3 is 6.16 Å². The first-order valence-electron chi connectivity index (χ1n) is 2.85. The van der Waals surface area contributed by atoms with Gasteiger partial charge in [0.25, 0.3) is 0 Å². The minimum Gasteiger partial charge on any atom is -0.436 e. The summed E-state index contributed by atoms with van der Waals surface area (Å²) in [4.78, 5) is 18.8. The zero-order chi connectivity index (χ0) is 7.40. The molecule has 1 aliphatic rings. The fourth-order valence-corrected chi connectivity index (χ4v) is 0.565. The smallest absolute Gasteiger partial charge is 0.436 e. The van der Waals surface area contributed by atoms with E-state index in [9.17, 15) is 4.79 Å². The number of aliphatic imine (C=N–C) groups is 1. The van der Waals surface area contributed by atoms with E-state index in [4.69, 9.17) is 0 Å². The Kier molecular flexibility index (Phi) is 2.09. The number of hydrogen-bond acceptors (Lipinski definition) is 5. The van der Waals surface area contributed by atoms with Gasteiger partial charge in [0.2, 0.25) is 0 Å². The lowest BCUT2D eigenvalue weighted by Gasteiger charge is -2.10. The average Bonchev–Trinajstić information content (AvgIpc) is 2.40. The predicted molar refractivity (Wildman–Crippen MR) is 33.6 cm³/mol. The first kappa shape index (κ1) is 6.85. The molecule has 0 fully saturated rings. The van der Waals surface area contributed by atoms with Gasteiger partial charge in [0, 0.05) is 0 Å². The Balaban J connectivity index is 2.24. The number of rotatable bonds is 1. The Morgan fingerprint density at radius 3 is 3.10 bits per heavy atom. The van der Waals surface area contributed by atoms with Crippen molar-refractivity contribution in [2.24, 2.45) is 4.99 Å². The highest BCUT2D eigenvalue weighted by atomic mass is 16.8. The monoisotopic (exact) mass is 144 g/mol. The van der Waals surface area contributed by atoms with E-state index < -0.39 is 6.16 Å². The van der Waals surface area contributed by atoms with E-state index in [-0.39, 0.29) is 0 Å². The number of nitrogens with zero attached hydrogens (tertiary/aromatic N) is 2. The molecule has 0 aromatic rings. The maximum Gasteiger partial charge on any atom is 0.533 e. The Hall–Kier alpha value is -1.26. The summed E-state index contributed by atoms with van der Waals surface area (Å²) in [5.74, 6) is 0. The summed E-state index contributed by atoms with van der Waals surface area (Å²) in [7, 11) is 1.26. The minimum absolute atomic E-state index is 0.606. The summed E-state index contributed by atoms with van der Waals surface area (Å²) in [5, 5.41) is 1.33. The summed E-state index contributed by atoms with van der Waals surface area (Å²) < 4.78 is 4.25. The Morgan fingerprint density at radius 2 is 2.60 bits per heavy atom. The van der Waals surface area contributed by atoms with Gasteiger partial charge in [-0.1, -0.05) is 0 Å². The van der Waals surface area contributed by atoms with E-state index in [0.29, 0.717) is 13.1 Å². The van der Waals surface area contributed by atoms with Crippen LogP contribution in [0.5, 0.6) is 0 Å². The summed E-state index contributed by atoms with van der Waals surface area (Å²) >= 11 is 0. The standard InChI is InChI=1S/C5H8N2O3/c1-9-5(8)10-7-3-2-6-4-7/h4H,2-3H2,1H3. The lowest BCUT2D eigenvalue weighted by atomic mass is 10.7. The topological polar surface area (TPSA) is 51.1 Å². The van der Waals surface area contributed by atoms with Crippen LogP contribution < -0.4 is 0 Å². The Labute approximate surface area is 58.2 Å². The molecule has 0 aromatic carbocycles. The molecule has 5 heteroatoms. The maximum atomic E-state index is 10.4. The van der Waals surface area contributed by atoms with Gasteiger partial charge in [-0.3, -0.25) is 4.99 Å². The molecule has 0 amide bonds. The van der Waals surface area contributed by atoms with E-state index in [2.05, 4.69) is 14.6 Å². The van der Waals surface area contributed by atoms with Crippen molar-refractivity contribution >= 4 is 12.5 Å². The van der Waals surface area contributed by atoms with E-state index in [1.54, 1.807) is 0 Å². The number of ether oxygens (including phenoxy) is 1. The molecule has 1 aliphatic heterocycles. The molecule has 0 aromatic heterocycles. The zero-order valence-electron chi connectivity index (χ0n) is 5.61. The van der Waals surface area contributed by atoms with Crippen LogP contribution in [0.4, 0.5) is 4.79 Å². The first-order valence-corrected chi connectivity index (χ1v) is 2.85. The summed E-state index contributed by atoms with van der Waals surface area (Å²) in [6.45, 7) is 1.27. The fourth-order valence-electron chi connectivity index (χ4n) is 0.565. The van der Waals surface area contributed by atoms with Gasteiger partial charge in [0.05, 0.1) is 20.2 Å². The molecular formula is C5H8N2O3. The van der Waals surface area contributed by atoms with Crippen LogP contribution in [0, 0.1) is 0 Å². The molecule has 0 atom stereocenters. The van der Waals surface area contributed by atoms with Crippen molar-refractivity contribution in [3.63, 3.8) is 0 Å². The molecule has 0 bridgehead atoms.